The van der Waals surface area contributed by atoms with E-state index in [0.717, 1.165) is 16.9 Å². The van der Waals surface area contributed by atoms with Crippen molar-refractivity contribution in [2.75, 3.05) is 6.54 Å². The van der Waals surface area contributed by atoms with Gasteiger partial charge >= 0.3 is 4.87 Å². The summed E-state index contributed by atoms with van der Waals surface area (Å²) in [6.45, 7) is 2.62. The summed E-state index contributed by atoms with van der Waals surface area (Å²) in [6, 6.07) is 12.1. The van der Waals surface area contributed by atoms with Crippen molar-refractivity contribution >= 4 is 43.2 Å². The topological polar surface area (TPSA) is 68.2 Å². The Morgan fingerprint density at radius 3 is 2.68 bits per heavy atom. The van der Waals surface area contributed by atoms with Crippen molar-refractivity contribution in [1.29, 1.82) is 0 Å². The number of hydrogen-bond donors (Lipinski definition) is 1. The van der Waals surface area contributed by atoms with Crippen molar-refractivity contribution in [3.63, 3.8) is 0 Å². The van der Waals surface area contributed by atoms with E-state index in [2.05, 4.69) is 4.72 Å². The minimum absolute atomic E-state index is 0.147. The summed E-state index contributed by atoms with van der Waals surface area (Å²) < 4.78 is 29.3. The van der Waals surface area contributed by atoms with Gasteiger partial charge in [-0.2, -0.15) is 0 Å². The molecule has 0 saturated heterocycles. The largest absolute Gasteiger partial charge is 0.308 e. The number of sulfonamides is 1. The van der Waals surface area contributed by atoms with Crippen LogP contribution in [0.15, 0.2) is 52.2 Å². The lowest BCUT2D eigenvalue weighted by Crippen LogP contribution is -2.24. The Balaban J connectivity index is 2.02. The molecule has 0 aliphatic carbocycles. The molecule has 0 unspecified atom stereocenters. The van der Waals surface area contributed by atoms with E-state index in [9.17, 15) is 13.2 Å². The molecule has 0 bridgehead atoms. The smallest absolute Gasteiger partial charge is 0.294 e. The zero-order valence-corrected chi connectivity index (χ0v) is 15.9. The Bertz CT molecular complexity index is 1070. The average Bonchev–Trinajstić information content (AvgIpc) is 2.90. The summed E-state index contributed by atoms with van der Waals surface area (Å²) in [5.74, 6) is 0. The van der Waals surface area contributed by atoms with E-state index in [4.69, 9.17) is 11.6 Å². The molecule has 3 aromatic rings. The molecule has 0 amide bonds. The maximum Gasteiger partial charge on any atom is 0.308 e. The van der Waals surface area contributed by atoms with E-state index in [1.165, 1.54) is 6.07 Å². The molecular weight excluding hydrogens is 380 g/mol. The number of aromatic nitrogens is 1. The molecule has 0 spiro atoms. The Morgan fingerprint density at radius 2 is 1.96 bits per heavy atom. The van der Waals surface area contributed by atoms with Gasteiger partial charge in [-0.15, -0.1) is 0 Å². The normalized spacial score (nSPS) is 11.9. The second kappa shape index (κ2) is 7.29. The predicted octanol–water partition coefficient (Wildman–Crippen LogP) is 3.45. The third kappa shape index (κ3) is 3.79. The van der Waals surface area contributed by atoms with Crippen LogP contribution >= 0.6 is 22.9 Å². The number of rotatable bonds is 6. The van der Waals surface area contributed by atoms with Gasteiger partial charge in [-0.05, 0) is 36.2 Å². The minimum atomic E-state index is -3.56. The molecule has 8 heteroatoms. The fourth-order valence-corrected chi connectivity index (χ4v) is 4.84. The first kappa shape index (κ1) is 18.1. The Morgan fingerprint density at radius 1 is 1.20 bits per heavy atom. The summed E-state index contributed by atoms with van der Waals surface area (Å²) in [5, 5.41) is 0.594. The van der Waals surface area contributed by atoms with Gasteiger partial charge in [0.05, 0.1) is 21.7 Å². The number of hydrogen-bond acceptors (Lipinski definition) is 4. The molecule has 132 valence electrons. The molecule has 0 radical (unpaired) electrons. The standard InChI is InChI=1S/C17H17ClN2O3S2/c1-2-9-19-25(22,23)13-7-8-15-16(10-13)24-17(21)20(15)11-12-5-3-4-6-14(12)18/h3-8,10,19H,2,9,11H2,1H3. The van der Waals surface area contributed by atoms with Crippen LogP contribution in [0.2, 0.25) is 5.02 Å². The van der Waals surface area contributed by atoms with Gasteiger partial charge in [-0.1, -0.05) is 48.1 Å². The van der Waals surface area contributed by atoms with Gasteiger partial charge in [0.15, 0.2) is 0 Å². The van der Waals surface area contributed by atoms with Crippen molar-refractivity contribution < 1.29 is 8.42 Å². The first-order valence-corrected chi connectivity index (χ1v) is 10.5. The second-order valence-electron chi connectivity index (χ2n) is 5.57. The maximum absolute atomic E-state index is 12.4. The highest BCUT2D eigenvalue weighted by Crippen LogP contribution is 2.24. The van der Waals surface area contributed by atoms with Crippen molar-refractivity contribution in [2.24, 2.45) is 0 Å². The van der Waals surface area contributed by atoms with Crippen LogP contribution in [0.25, 0.3) is 10.2 Å². The SMILES string of the molecule is CCCNS(=O)(=O)c1ccc2c(c1)sc(=O)n2Cc1ccccc1Cl. The van der Waals surface area contributed by atoms with Crippen LogP contribution in [0.3, 0.4) is 0 Å². The third-order valence-electron chi connectivity index (χ3n) is 3.78. The number of fused-ring (bicyclic) bond motifs is 1. The molecule has 25 heavy (non-hydrogen) atoms. The Kier molecular flexibility index (Phi) is 5.29. The maximum atomic E-state index is 12.4. The first-order chi connectivity index (χ1) is 11.9. The highest BCUT2D eigenvalue weighted by atomic mass is 35.5. The fourth-order valence-electron chi connectivity index (χ4n) is 2.48. The molecular formula is C17H17ClN2O3S2. The number of nitrogens with one attached hydrogen (secondary N) is 1. The molecule has 1 aromatic heterocycles. The van der Waals surface area contributed by atoms with Gasteiger partial charge in [-0.3, -0.25) is 9.36 Å². The average molecular weight is 397 g/mol. The second-order valence-corrected chi connectivity index (χ2v) is 8.74. The van der Waals surface area contributed by atoms with Gasteiger partial charge in [0, 0.05) is 11.6 Å². The third-order valence-corrected chi connectivity index (χ3v) is 6.55. The monoisotopic (exact) mass is 396 g/mol. The molecule has 0 aliphatic rings. The Hall–Kier alpha value is -1.67. The lowest BCUT2D eigenvalue weighted by Gasteiger charge is -2.08. The predicted molar refractivity (Wildman–Crippen MR) is 102 cm³/mol. The van der Waals surface area contributed by atoms with Gasteiger partial charge in [0.1, 0.15) is 0 Å². The van der Waals surface area contributed by atoms with Crippen LogP contribution in [0.5, 0.6) is 0 Å². The molecule has 0 atom stereocenters. The minimum Gasteiger partial charge on any atom is -0.294 e. The van der Waals surface area contributed by atoms with E-state index in [0.29, 0.717) is 34.7 Å². The van der Waals surface area contributed by atoms with Crippen LogP contribution in [0.1, 0.15) is 18.9 Å². The van der Waals surface area contributed by atoms with Gasteiger partial charge < -0.3 is 0 Å². The molecule has 0 saturated carbocycles. The van der Waals surface area contributed by atoms with E-state index in [1.54, 1.807) is 22.8 Å². The van der Waals surface area contributed by atoms with Gasteiger partial charge in [0.25, 0.3) is 0 Å². The summed E-state index contributed by atoms with van der Waals surface area (Å²) in [5.41, 5.74) is 1.54. The molecule has 0 fully saturated rings. The van der Waals surface area contributed by atoms with Crippen LogP contribution in [0.4, 0.5) is 0 Å². The highest BCUT2D eigenvalue weighted by Gasteiger charge is 2.16. The van der Waals surface area contributed by atoms with Crippen LogP contribution < -0.4 is 9.60 Å². The molecule has 1 heterocycles. The summed E-state index contributed by atoms with van der Waals surface area (Å²) >= 11 is 7.21. The van der Waals surface area contributed by atoms with E-state index in [-0.39, 0.29) is 9.77 Å². The lowest BCUT2D eigenvalue weighted by molar-refractivity contribution is 0.581. The number of thiazole rings is 1. The number of halogens is 1. The van der Waals surface area contributed by atoms with E-state index in [1.807, 2.05) is 25.1 Å². The molecule has 3 rings (SSSR count). The summed E-state index contributed by atoms with van der Waals surface area (Å²) in [6.07, 6.45) is 0.711. The summed E-state index contributed by atoms with van der Waals surface area (Å²) in [4.78, 5) is 12.4. The molecule has 1 N–H and O–H groups in total. The van der Waals surface area contributed by atoms with Gasteiger partial charge in [0.2, 0.25) is 10.0 Å². The van der Waals surface area contributed by atoms with Gasteiger partial charge in [-0.25, -0.2) is 13.1 Å². The van der Waals surface area contributed by atoms with Crippen LogP contribution in [-0.2, 0) is 16.6 Å². The van der Waals surface area contributed by atoms with Crippen molar-refractivity contribution in [3.8, 4) is 0 Å². The quantitative estimate of drug-likeness (QED) is 0.693. The zero-order valence-electron chi connectivity index (χ0n) is 13.5. The lowest BCUT2D eigenvalue weighted by atomic mass is 10.2. The van der Waals surface area contributed by atoms with Crippen molar-refractivity contribution in [1.82, 2.24) is 9.29 Å². The first-order valence-electron chi connectivity index (χ1n) is 7.79. The fraction of sp³-hybridized carbons (Fsp3) is 0.235. The van der Waals surface area contributed by atoms with E-state index >= 15 is 0 Å². The van der Waals surface area contributed by atoms with Crippen molar-refractivity contribution in [2.45, 2.75) is 24.8 Å². The van der Waals surface area contributed by atoms with Crippen LogP contribution in [-0.4, -0.2) is 19.5 Å². The van der Waals surface area contributed by atoms with Crippen LogP contribution in [0, 0.1) is 0 Å². The number of nitrogens with zero attached hydrogens (tertiary/aromatic N) is 1. The molecule has 2 aromatic carbocycles. The molecule has 0 aliphatic heterocycles. The number of benzene rings is 2. The zero-order chi connectivity index (χ0) is 18.0. The highest BCUT2D eigenvalue weighted by molar-refractivity contribution is 7.89. The summed E-state index contributed by atoms with van der Waals surface area (Å²) in [7, 11) is -3.56. The molecule has 5 nitrogen and oxygen atoms in total. The van der Waals surface area contributed by atoms with Crippen molar-refractivity contribution in [3.05, 3.63) is 62.7 Å². The van der Waals surface area contributed by atoms with E-state index < -0.39 is 10.0 Å². The Labute approximate surface area is 154 Å².